The van der Waals surface area contributed by atoms with Crippen molar-refractivity contribution >= 4 is 11.8 Å². The summed E-state index contributed by atoms with van der Waals surface area (Å²) in [5, 5.41) is 9.47. The number of hydrogen-bond donors (Lipinski definition) is 3. The van der Waals surface area contributed by atoms with Gasteiger partial charge in [0.1, 0.15) is 5.82 Å². The highest BCUT2D eigenvalue weighted by Crippen LogP contribution is 2.18. The number of amides is 2. The molecule has 1 heterocycles. The van der Waals surface area contributed by atoms with Crippen molar-refractivity contribution in [1.82, 2.24) is 20.4 Å². The van der Waals surface area contributed by atoms with Crippen molar-refractivity contribution in [3.8, 4) is 0 Å². The molecule has 0 unspecified atom stereocenters. The van der Waals surface area contributed by atoms with Crippen molar-refractivity contribution < 1.29 is 4.79 Å². The molecule has 2 amide bonds. The van der Waals surface area contributed by atoms with E-state index in [1.54, 1.807) is 17.8 Å². The van der Waals surface area contributed by atoms with E-state index in [4.69, 9.17) is 5.73 Å². The number of nitrogens with zero attached hydrogens (tertiary/aromatic N) is 2. The first-order valence-corrected chi connectivity index (χ1v) is 5.15. The second kappa shape index (κ2) is 4.42. The monoisotopic (exact) mass is 225 g/mol. The van der Waals surface area contributed by atoms with Crippen LogP contribution in [0.4, 0.5) is 10.6 Å². The summed E-state index contributed by atoms with van der Waals surface area (Å²) < 4.78 is 1.74. The Morgan fingerprint density at radius 3 is 2.62 bits per heavy atom. The van der Waals surface area contributed by atoms with E-state index in [9.17, 15) is 4.79 Å². The molecule has 0 aromatic carbocycles. The minimum absolute atomic E-state index is 0.157. The highest BCUT2D eigenvalue weighted by Gasteiger charge is 2.17. The molecule has 0 radical (unpaired) electrons. The van der Waals surface area contributed by atoms with Gasteiger partial charge in [-0.2, -0.15) is 5.10 Å². The van der Waals surface area contributed by atoms with Gasteiger partial charge >= 0.3 is 6.03 Å². The number of anilines is 1. The number of urea groups is 1. The number of carbonyl (C=O) groups excluding carboxylic acids is 1. The molecule has 0 aliphatic heterocycles. The number of hydrogen-bond acceptors (Lipinski definition) is 3. The fraction of sp³-hybridized carbons (Fsp3) is 0.600. The minimum Gasteiger partial charge on any atom is -0.384 e. The largest absolute Gasteiger partial charge is 0.384 e. The zero-order valence-corrected chi connectivity index (χ0v) is 10.2. The van der Waals surface area contributed by atoms with Crippen molar-refractivity contribution in [1.29, 1.82) is 0 Å². The minimum atomic E-state index is -0.233. The predicted octanol–water partition coefficient (Wildman–Crippen LogP) is 0.649. The molecule has 6 nitrogen and oxygen atoms in total. The van der Waals surface area contributed by atoms with Crippen molar-refractivity contribution in [2.24, 2.45) is 0 Å². The maximum atomic E-state index is 11.0. The molecule has 0 spiro atoms. The third kappa shape index (κ3) is 2.88. The van der Waals surface area contributed by atoms with Crippen molar-refractivity contribution in [2.45, 2.75) is 32.9 Å². The lowest BCUT2D eigenvalue weighted by molar-refractivity contribution is 0.242. The molecule has 0 fully saturated rings. The third-order valence-corrected chi connectivity index (χ3v) is 2.08. The first kappa shape index (κ1) is 12.4. The Hall–Kier alpha value is -1.72. The molecule has 16 heavy (non-hydrogen) atoms. The van der Waals surface area contributed by atoms with E-state index < -0.39 is 0 Å². The third-order valence-electron chi connectivity index (χ3n) is 2.08. The molecule has 0 aliphatic carbocycles. The Morgan fingerprint density at radius 2 is 2.19 bits per heavy atom. The van der Waals surface area contributed by atoms with Gasteiger partial charge in [-0.05, 0) is 20.8 Å². The van der Waals surface area contributed by atoms with Crippen LogP contribution in [0.5, 0.6) is 0 Å². The van der Waals surface area contributed by atoms with E-state index in [1.807, 2.05) is 20.8 Å². The Labute approximate surface area is 95.2 Å². The van der Waals surface area contributed by atoms with Gasteiger partial charge in [0.15, 0.2) is 0 Å². The lowest BCUT2D eigenvalue weighted by atomic mass is 10.1. The Morgan fingerprint density at radius 1 is 1.56 bits per heavy atom. The summed E-state index contributed by atoms with van der Waals surface area (Å²) in [6.07, 6.45) is 0. The molecule has 6 heteroatoms. The number of nitrogen functional groups attached to an aromatic ring is 1. The van der Waals surface area contributed by atoms with Crippen LogP contribution in [0, 0.1) is 0 Å². The highest BCUT2D eigenvalue weighted by molar-refractivity contribution is 5.73. The van der Waals surface area contributed by atoms with Crippen LogP contribution in [0.3, 0.4) is 0 Å². The van der Waals surface area contributed by atoms with Crippen LogP contribution >= 0.6 is 0 Å². The van der Waals surface area contributed by atoms with Gasteiger partial charge < -0.3 is 16.4 Å². The van der Waals surface area contributed by atoms with E-state index in [-0.39, 0.29) is 11.6 Å². The molecule has 0 aliphatic rings. The van der Waals surface area contributed by atoms with Gasteiger partial charge in [-0.3, -0.25) is 0 Å². The van der Waals surface area contributed by atoms with Crippen molar-refractivity contribution in [2.75, 3.05) is 12.8 Å². The Kier molecular flexibility index (Phi) is 3.41. The van der Waals surface area contributed by atoms with Gasteiger partial charge in [-0.15, -0.1) is 0 Å². The van der Waals surface area contributed by atoms with Crippen LogP contribution in [0.2, 0.25) is 0 Å². The highest BCUT2D eigenvalue weighted by atomic mass is 16.2. The lowest BCUT2D eigenvalue weighted by Gasteiger charge is -2.20. The maximum absolute atomic E-state index is 11.0. The fourth-order valence-electron chi connectivity index (χ4n) is 1.33. The van der Waals surface area contributed by atoms with Crippen molar-refractivity contribution in [3.05, 3.63) is 11.8 Å². The quantitative estimate of drug-likeness (QED) is 0.690. The van der Waals surface area contributed by atoms with Gasteiger partial charge in [0.25, 0.3) is 0 Å². The van der Waals surface area contributed by atoms with Crippen LogP contribution in [0.15, 0.2) is 6.07 Å². The van der Waals surface area contributed by atoms with E-state index in [1.165, 1.54) is 0 Å². The molecule has 0 bridgehead atoms. The maximum Gasteiger partial charge on any atom is 0.314 e. The van der Waals surface area contributed by atoms with Gasteiger partial charge in [-0.1, -0.05) is 0 Å². The zero-order valence-electron chi connectivity index (χ0n) is 10.2. The molecule has 1 rings (SSSR count). The van der Waals surface area contributed by atoms with E-state index in [0.717, 1.165) is 5.69 Å². The first-order valence-electron chi connectivity index (χ1n) is 5.15. The van der Waals surface area contributed by atoms with Crippen molar-refractivity contribution in [3.63, 3.8) is 0 Å². The second-order valence-corrected chi connectivity index (χ2v) is 4.58. The molecule has 0 saturated carbocycles. The molecule has 1 aromatic heterocycles. The summed E-state index contributed by atoms with van der Waals surface area (Å²) in [5.74, 6) is 0.598. The smallest absolute Gasteiger partial charge is 0.314 e. The van der Waals surface area contributed by atoms with E-state index in [0.29, 0.717) is 12.4 Å². The SMILES string of the molecule is CNC(=O)NCc1cc(N)n(C(C)(C)C)n1. The standard InChI is InChI=1S/C10H19N5O/c1-10(2,3)15-8(11)5-7(14-15)6-13-9(16)12-4/h5H,6,11H2,1-4H3,(H2,12,13,16). The van der Waals surface area contributed by atoms with Crippen LogP contribution in [-0.2, 0) is 12.1 Å². The molecule has 0 saturated heterocycles. The van der Waals surface area contributed by atoms with Crippen LogP contribution in [-0.4, -0.2) is 22.9 Å². The molecule has 4 N–H and O–H groups in total. The first-order chi connectivity index (χ1) is 7.34. The summed E-state index contributed by atoms with van der Waals surface area (Å²) in [4.78, 5) is 11.0. The summed E-state index contributed by atoms with van der Waals surface area (Å²) in [5.41, 5.74) is 6.43. The molecule has 1 aromatic rings. The molecular weight excluding hydrogens is 206 g/mol. The normalized spacial score (nSPS) is 11.2. The number of carbonyl (C=O) groups is 1. The number of nitrogens with one attached hydrogen (secondary N) is 2. The number of nitrogens with two attached hydrogens (primary N) is 1. The van der Waals surface area contributed by atoms with Crippen LogP contribution < -0.4 is 16.4 Å². The summed E-state index contributed by atoms with van der Waals surface area (Å²) in [6, 6.07) is 1.53. The Balaban J connectivity index is 2.74. The number of rotatable bonds is 2. The van der Waals surface area contributed by atoms with E-state index >= 15 is 0 Å². The predicted molar refractivity (Wildman–Crippen MR) is 62.9 cm³/mol. The molecular formula is C10H19N5O. The lowest BCUT2D eigenvalue weighted by Crippen LogP contribution is -2.32. The van der Waals surface area contributed by atoms with Gasteiger partial charge in [0.2, 0.25) is 0 Å². The summed E-state index contributed by atoms with van der Waals surface area (Å²) >= 11 is 0. The van der Waals surface area contributed by atoms with Crippen LogP contribution in [0.1, 0.15) is 26.5 Å². The van der Waals surface area contributed by atoms with Gasteiger partial charge in [0.05, 0.1) is 17.8 Å². The second-order valence-electron chi connectivity index (χ2n) is 4.58. The topological polar surface area (TPSA) is 85.0 Å². The average Bonchev–Trinajstić information content (AvgIpc) is 2.55. The molecule has 90 valence electrons. The van der Waals surface area contributed by atoms with Gasteiger partial charge in [-0.25, -0.2) is 9.48 Å². The molecule has 0 atom stereocenters. The fourth-order valence-corrected chi connectivity index (χ4v) is 1.33. The summed E-state index contributed by atoms with van der Waals surface area (Å²) in [6.45, 7) is 6.43. The average molecular weight is 225 g/mol. The van der Waals surface area contributed by atoms with Gasteiger partial charge in [0, 0.05) is 13.1 Å². The Bertz CT molecular complexity index is 377. The zero-order chi connectivity index (χ0) is 12.3. The van der Waals surface area contributed by atoms with E-state index in [2.05, 4.69) is 15.7 Å². The van der Waals surface area contributed by atoms with Crippen LogP contribution in [0.25, 0.3) is 0 Å². The number of aromatic nitrogens is 2. The summed E-state index contributed by atoms with van der Waals surface area (Å²) in [7, 11) is 1.57.